The van der Waals surface area contributed by atoms with Crippen LogP contribution in [0.1, 0.15) is 12.0 Å². The molecule has 0 aliphatic carbocycles. The molecule has 2 aromatic rings. The van der Waals surface area contributed by atoms with Crippen LogP contribution >= 0.6 is 0 Å². The van der Waals surface area contributed by atoms with E-state index in [9.17, 15) is 9.59 Å². The van der Waals surface area contributed by atoms with Crippen molar-refractivity contribution < 1.29 is 19.1 Å². The van der Waals surface area contributed by atoms with Gasteiger partial charge in [0.05, 0.1) is 7.11 Å². The molecule has 6 heteroatoms. The Morgan fingerprint density at radius 3 is 2.14 bits per heavy atom. The summed E-state index contributed by atoms with van der Waals surface area (Å²) in [6.07, 6.45) is 1.08. The van der Waals surface area contributed by atoms with Crippen molar-refractivity contribution in [3.63, 3.8) is 0 Å². The molecule has 0 N–H and O–H groups in total. The van der Waals surface area contributed by atoms with E-state index >= 15 is 0 Å². The second-order valence-electron chi connectivity index (χ2n) is 6.68. The lowest BCUT2D eigenvalue weighted by atomic mass is 10.1. The smallest absolute Gasteiger partial charge is 0.260 e. The number of hydrogen-bond acceptors (Lipinski definition) is 4. The van der Waals surface area contributed by atoms with Crippen molar-refractivity contribution in [2.45, 2.75) is 12.8 Å². The monoisotopic (exact) mass is 382 g/mol. The molecule has 2 aromatic carbocycles. The highest BCUT2D eigenvalue weighted by molar-refractivity contribution is 5.79. The second-order valence-corrected chi connectivity index (χ2v) is 6.68. The summed E-state index contributed by atoms with van der Waals surface area (Å²) in [5.74, 6) is 1.55. The molecular formula is C22H26N2O4. The molecule has 0 unspecified atom stereocenters. The highest BCUT2D eigenvalue weighted by Gasteiger charge is 2.24. The maximum atomic E-state index is 12.5. The van der Waals surface area contributed by atoms with Gasteiger partial charge in [0.1, 0.15) is 11.5 Å². The van der Waals surface area contributed by atoms with Gasteiger partial charge in [0.15, 0.2) is 6.61 Å². The number of rotatable bonds is 7. The first-order chi connectivity index (χ1) is 13.7. The van der Waals surface area contributed by atoms with Crippen LogP contribution in [0.3, 0.4) is 0 Å². The van der Waals surface area contributed by atoms with E-state index in [1.165, 1.54) is 0 Å². The summed E-state index contributed by atoms with van der Waals surface area (Å²) in [6, 6.07) is 17.0. The fourth-order valence-corrected chi connectivity index (χ4v) is 3.27. The highest BCUT2D eigenvalue weighted by atomic mass is 16.5. The number of benzene rings is 2. The predicted molar refractivity (Wildman–Crippen MR) is 106 cm³/mol. The first-order valence-electron chi connectivity index (χ1n) is 9.52. The molecule has 1 fully saturated rings. The molecule has 0 bridgehead atoms. The minimum absolute atomic E-state index is 0.0196. The number of amides is 2. The molecule has 1 aliphatic rings. The van der Waals surface area contributed by atoms with Gasteiger partial charge in [-0.15, -0.1) is 0 Å². The number of ether oxygens (including phenoxy) is 2. The molecule has 0 spiro atoms. The molecular weight excluding hydrogens is 356 g/mol. The summed E-state index contributed by atoms with van der Waals surface area (Å²) in [5.41, 5.74) is 1.03. The number of carbonyl (C=O) groups excluding carboxylic acids is 2. The molecule has 0 aromatic heterocycles. The number of hydrogen-bond donors (Lipinski definition) is 0. The zero-order valence-corrected chi connectivity index (χ0v) is 16.2. The zero-order chi connectivity index (χ0) is 19.8. The van der Waals surface area contributed by atoms with Gasteiger partial charge in [-0.25, -0.2) is 0 Å². The summed E-state index contributed by atoms with van der Waals surface area (Å²) < 4.78 is 10.9. The molecule has 2 amide bonds. The van der Waals surface area contributed by atoms with Crippen molar-refractivity contribution in [3.8, 4) is 11.5 Å². The first kappa shape index (κ1) is 19.7. The third-order valence-electron chi connectivity index (χ3n) is 4.89. The van der Waals surface area contributed by atoms with E-state index in [0.717, 1.165) is 11.3 Å². The molecule has 148 valence electrons. The van der Waals surface area contributed by atoms with Gasteiger partial charge in [-0.2, -0.15) is 0 Å². The third-order valence-corrected chi connectivity index (χ3v) is 4.89. The standard InChI is InChI=1S/C22H26N2O4/c1-27-20-10-6-5-7-18(20)11-12-21(25)23-13-15-24(16-14-23)22(26)17-28-19-8-3-2-4-9-19/h2-10H,11-17H2,1H3. The fourth-order valence-electron chi connectivity index (χ4n) is 3.27. The topological polar surface area (TPSA) is 59.1 Å². The van der Waals surface area contributed by atoms with Crippen LogP contribution in [0.25, 0.3) is 0 Å². The highest BCUT2D eigenvalue weighted by Crippen LogP contribution is 2.19. The van der Waals surface area contributed by atoms with Crippen LogP contribution in [0.15, 0.2) is 54.6 Å². The second kappa shape index (κ2) is 9.78. The summed E-state index contributed by atoms with van der Waals surface area (Å²) >= 11 is 0. The van der Waals surface area contributed by atoms with Crippen LogP contribution in [0.4, 0.5) is 0 Å². The van der Waals surface area contributed by atoms with Crippen molar-refractivity contribution in [1.29, 1.82) is 0 Å². The van der Waals surface area contributed by atoms with Crippen molar-refractivity contribution >= 4 is 11.8 Å². The Morgan fingerprint density at radius 2 is 1.46 bits per heavy atom. The van der Waals surface area contributed by atoms with Crippen molar-refractivity contribution in [3.05, 3.63) is 60.2 Å². The summed E-state index contributed by atoms with van der Waals surface area (Å²) in [4.78, 5) is 28.4. The van der Waals surface area contributed by atoms with E-state index in [0.29, 0.717) is 44.8 Å². The van der Waals surface area contributed by atoms with Crippen LogP contribution in [0.5, 0.6) is 11.5 Å². The lowest BCUT2D eigenvalue weighted by Crippen LogP contribution is -2.51. The molecule has 6 nitrogen and oxygen atoms in total. The van der Waals surface area contributed by atoms with Gasteiger partial charge in [-0.1, -0.05) is 36.4 Å². The van der Waals surface area contributed by atoms with Gasteiger partial charge >= 0.3 is 0 Å². The van der Waals surface area contributed by atoms with Crippen LogP contribution in [-0.2, 0) is 16.0 Å². The molecule has 1 aliphatic heterocycles. The SMILES string of the molecule is COc1ccccc1CCC(=O)N1CCN(C(=O)COc2ccccc2)CC1. The van der Waals surface area contributed by atoms with Gasteiger partial charge in [0, 0.05) is 32.6 Å². The Kier molecular flexibility index (Phi) is 6.89. The summed E-state index contributed by atoms with van der Waals surface area (Å²) in [6.45, 7) is 2.21. The Balaban J connectivity index is 1.41. The quantitative estimate of drug-likeness (QED) is 0.738. The summed E-state index contributed by atoms with van der Waals surface area (Å²) in [7, 11) is 1.64. The van der Waals surface area contributed by atoms with E-state index < -0.39 is 0 Å². The fraction of sp³-hybridized carbons (Fsp3) is 0.364. The predicted octanol–water partition coefficient (Wildman–Crippen LogP) is 2.38. The van der Waals surface area contributed by atoms with E-state index in [1.54, 1.807) is 12.0 Å². The normalized spacial score (nSPS) is 13.9. The zero-order valence-electron chi connectivity index (χ0n) is 16.2. The number of para-hydroxylation sites is 2. The Labute approximate surface area is 165 Å². The molecule has 1 heterocycles. The molecule has 28 heavy (non-hydrogen) atoms. The van der Waals surface area contributed by atoms with Crippen LogP contribution in [0.2, 0.25) is 0 Å². The summed E-state index contributed by atoms with van der Waals surface area (Å²) in [5, 5.41) is 0. The first-order valence-corrected chi connectivity index (χ1v) is 9.52. The third kappa shape index (κ3) is 5.25. The number of piperazine rings is 1. The van der Waals surface area contributed by atoms with E-state index in [2.05, 4.69) is 0 Å². The van der Waals surface area contributed by atoms with Crippen molar-refractivity contribution in [2.75, 3.05) is 39.9 Å². The Bertz CT molecular complexity index is 786. The lowest BCUT2D eigenvalue weighted by molar-refractivity contribution is -0.140. The minimum atomic E-state index is -0.0510. The molecule has 1 saturated heterocycles. The number of methoxy groups -OCH3 is 1. The maximum Gasteiger partial charge on any atom is 0.260 e. The average Bonchev–Trinajstić information content (AvgIpc) is 2.76. The van der Waals surface area contributed by atoms with E-state index in [-0.39, 0.29) is 18.4 Å². The minimum Gasteiger partial charge on any atom is -0.496 e. The molecule has 0 saturated carbocycles. The van der Waals surface area contributed by atoms with Crippen LogP contribution in [-0.4, -0.2) is 61.5 Å². The number of carbonyl (C=O) groups is 2. The van der Waals surface area contributed by atoms with Crippen LogP contribution in [0, 0.1) is 0 Å². The van der Waals surface area contributed by atoms with Gasteiger partial charge < -0.3 is 19.3 Å². The van der Waals surface area contributed by atoms with Crippen molar-refractivity contribution in [1.82, 2.24) is 9.80 Å². The molecule has 0 radical (unpaired) electrons. The van der Waals surface area contributed by atoms with Crippen molar-refractivity contribution in [2.24, 2.45) is 0 Å². The Morgan fingerprint density at radius 1 is 0.857 bits per heavy atom. The maximum absolute atomic E-state index is 12.5. The average molecular weight is 382 g/mol. The molecule has 3 rings (SSSR count). The largest absolute Gasteiger partial charge is 0.496 e. The molecule has 0 atom stereocenters. The van der Waals surface area contributed by atoms with Crippen LogP contribution < -0.4 is 9.47 Å². The Hall–Kier alpha value is -3.02. The van der Waals surface area contributed by atoms with Gasteiger partial charge in [-0.3, -0.25) is 9.59 Å². The number of nitrogens with zero attached hydrogens (tertiary/aromatic N) is 2. The lowest BCUT2D eigenvalue weighted by Gasteiger charge is -2.34. The van der Waals surface area contributed by atoms with Gasteiger partial charge in [0.2, 0.25) is 5.91 Å². The van der Waals surface area contributed by atoms with Gasteiger partial charge in [0.25, 0.3) is 5.91 Å². The van der Waals surface area contributed by atoms with Gasteiger partial charge in [-0.05, 0) is 30.2 Å². The van der Waals surface area contributed by atoms with E-state index in [1.807, 2.05) is 59.5 Å². The number of aryl methyl sites for hydroxylation is 1. The van der Waals surface area contributed by atoms with E-state index in [4.69, 9.17) is 9.47 Å².